The number of nitrogens with two attached hydrogens (primary N) is 2. The van der Waals surface area contributed by atoms with Crippen molar-refractivity contribution >= 4 is 0 Å². The van der Waals surface area contributed by atoms with E-state index in [1.54, 1.807) is 0 Å². The second kappa shape index (κ2) is 7.82. The summed E-state index contributed by atoms with van der Waals surface area (Å²) in [4.78, 5) is 2.47. The monoisotopic (exact) mass is 294 g/mol. The van der Waals surface area contributed by atoms with Gasteiger partial charge in [0.15, 0.2) is 0 Å². The molecule has 2 rings (SSSR count). The van der Waals surface area contributed by atoms with E-state index in [2.05, 4.69) is 30.1 Å². The van der Waals surface area contributed by atoms with Crippen LogP contribution in [0.5, 0.6) is 0 Å². The zero-order chi connectivity index (χ0) is 15.2. The molecule has 0 radical (unpaired) electrons. The Hall–Kier alpha value is -1.04. The van der Waals surface area contributed by atoms with Crippen LogP contribution in [0.1, 0.15) is 33.1 Å². The summed E-state index contributed by atoms with van der Waals surface area (Å²) in [5.74, 6) is 0. The van der Waals surface area contributed by atoms with Crippen LogP contribution in [0.4, 0.5) is 0 Å². The van der Waals surface area contributed by atoms with Crippen molar-refractivity contribution in [2.24, 2.45) is 11.5 Å². The molecule has 0 aromatic carbocycles. The lowest BCUT2D eigenvalue weighted by Gasteiger charge is -2.34. The van der Waals surface area contributed by atoms with Crippen LogP contribution < -0.4 is 16.8 Å². The standard InChI is InChI=1S/C16H30N4O/c1-3-4-13(17)5-6-19-16-9-20(8-12(16)2)15-7-14(18)10-21-11-15/h4,14-15,19H,3,5-11,17-18H2,1-2H3/b13-4+. The van der Waals surface area contributed by atoms with Crippen molar-refractivity contribution in [2.45, 2.75) is 45.2 Å². The van der Waals surface area contributed by atoms with Gasteiger partial charge in [0, 0.05) is 49.5 Å². The maximum atomic E-state index is 6.00. The Bertz CT molecular complexity index is 405. The quantitative estimate of drug-likeness (QED) is 0.679. The minimum Gasteiger partial charge on any atom is -0.402 e. The van der Waals surface area contributed by atoms with Crippen LogP contribution in [0.2, 0.25) is 0 Å². The number of allylic oxidation sites excluding steroid dienone is 1. The predicted octanol–water partition coefficient (Wildman–Crippen LogP) is 0.925. The third kappa shape index (κ3) is 4.73. The first-order chi connectivity index (χ1) is 10.1. The van der Waals surface area contributed by atoms with E-state index >= 15 is 0 Å². The summed E-state index contributed by atoms with van der Waals surface area (Å²) in [5, 5.41) is 3.55. The molecule has 0 aromatic heterocycles. The van der Waals surface area contributed by atoms with Gasteiger partial charge in [0.2, 0.25) is 0 Å². The summed E-state index contributed by atoms with van der Waals surface area (Å²) >= 11 is 0. The van der Waals surface area contributed by atoms with Crippen molar-refractivity contribution in [3.05, 3.63) is 23.0 Å². The smallest absolute Gasteiger partial charge is 0.0623 e. The van der Waals surface area contributed by atoms with Gasteiger partial charge in [-0.2, -0.15) is 0 Å². The van der Waals surface area contributed by atoms with E-state index in [0.29, 0.717) is 12.6 Å². The Morgan fingerprint density at radius 1 is 1.43 bits per heavy atom. The number of rotatable bonds is 6. The molecule has 5 heteroatoms. The summed E-state index contributed by atoms with van der Waals surface area (Å²) < 4.78 is 5.59. The Morgan fingerprint density at radius 3 is 2.95 bits per heavy atom. The van der Waals surface area contributed by atoms with Gasteiger partial charge >= 0.3 is 0 Å². The molecule has 120 valence electrons. The van der Waals surface area contributed by atoms with E-state index in [-0.39, 0.29) is 6.04 Å². The average Bonchev–Trinajstić information content (AvgIpc) is 2.81. The molecule has 0 bridgehead atoms. The van der Waals surface area contributed by atoms with Crippen LogP contribution in [0.3, 0.4) is 0 Å². The second-order valence-corrected chi connectivity index (χ2v) is 6.21. The van der Waals surface area contributed by atoms with Gasteiger partial charge in [-0.15, -0.1) is 0 Å². The fourth-order valence-electron chi connectivity index (χ4n) is 3.08. The number of ether oxygens (including phenoxy) is 1. The number of nitrogens with zero attached hydrogens (tertiary/aromatic N) is 1. The molecule has 0 aliphatic carbocycles. The number of hydrogen-bond donors (Lipinski definition) is 3. The SMILES string of the molecule is CC/C=C(/N)CCNC1=C(C)CN(C2COCC(N)C2)C1. The van der Waals surface area contributed by atoms with Gasteiger partial charge in [-0.25, -0.2) is 0 Å². The van der Waals surface area contributed by atoms with E-state index in [4.69, 9.17) is 16.2 Å². The van der Waals surface area contributed by atoms with E-state index in [0.717, 1.165) is 51.2 Å². The molecule has 0 spiro atoms. The molecular weight excluding hydrogens is 264 g/mol. The first-order valence-electron chi connectivity index (χ1n) is 8.04. The van der Waals surface area contributed by atoms with Crippen LogP contribution in [0.15, 0.2) is 23.0 Å². The van der Waals surface area contributed by atoms with Crippen molar-refractivity contribution < 1.29 is 4.74 Å². The minimum atomic E-state index is 0.181. The van der Waals surface area contributed by atoms with Gasteiger partial charge in [0.1, 0.15) is 0 Å². The fourth-order valence-corrected chi connectivity index (χ4v) is 3.08. The lowest BCUT2D eigenvalue weighted by molar-refractivity contribution is 0.0161. The van der Waals surface area contributed by atoms with Crippen LogP contribution in [0, 0.1) is 0 Å². The van der Waals surface area contributed by atoms with Gasteiger partial charge in [0.05, 0.1) is 13.2 Å². The van der Waals surface area contributed by atoms with Crippen molar-refractivity contribution in [1.29, 1.82) is 0 Å². The highest BCUT2D eigenvalue weighted by atomic mass is 16.5. The summed E-state index contributed by atoms with van der Waals surface area (Å²) in [5.41, 5.74) is 15.7. The van der Waals surface area contributed by atoms with Crippen molar-refractivity contribution in [3.63, 3.8) is 0 Å². The Labute approximate surface area is 128 Å². The first kappa shape index (κ1) is 16.3. The molecule has 1 fully saturated rings. The molecule has 2 aliphatic heterocycles. The Balaban J connectivity index is 1.77. The third-order valence-electron chi connectivity index (χ3n) is 4.27. The van der Waals surface area contributed by atoms with Crippen LogP contribution in [0.25, 0.3) is 0 Å². The number of hydrogen-bond acceptors (Lipinski definition) is 5. The Kier molecular flexibility index (Phi) is 6.08. The van der Waals surface area contributed by atoms with E-state index in [1.165, 1.54) is 11.3 Å². The van der Waals surface area contributed by atoms with Gasteiger partial charge in [-0.1, -0.05) is 13.0 Å². The molecule has 5 N–H and O–H groups in total. The van der Waals surface area contributed by atoms with E-state index in [9.17, 15) is 0 Å². The summed E-state index contributed by atoms with van der Waals surface area (Å²) in [6.07, 6.45) is 5.03. The van der Waals surface area contributed by atoms with Gasteiger partial charge in [-0.05, 0) is 25.3 Å². The molecule has 1 saturated heterocycles. The van der Waals surface area contributed by atoms with E-state index < -0.39 is 0 Å². The molecule has 21 heavy (non-hydrogen) atoms. The molecule has 5 nitrogen and oxygen atoms in total. The summed E-state index contributed by atoms with van der Waals surface area (Å²) in [6, 6.07) is 0.633. The Morgan fingerprint density at radius 2 is 2.24 bits per heavy atom. The van der Waals surface area contributed by atoms with Gasteiger partial charge < -0.3 is 21.5 Å². The molecule has 0 saturated carbocycles. The largest absolute Gasteiger partial charge is 0.402 e. The van der Waals surface area contributed by atoms with Gasteiger partial charge in [0.25, 0.3) is 0 Å². The zero-order valence-electron chi connectivity index (χ0n) is 13.4. The molecule has 0 amide bonds. The molecule has 2 unspecified atom stereocenters. The third-order valence-corrected chi connectivity index (χ3v) is 4.27. The molecule has 0 aromatic rings. The predicted molar refractivity (Wildman–Crippen MR) is 86.7 cm³/mol. The molecular formula is C16H30N4O. The van der Waals surface area contributed by atoms with Crippen LogP contribution >= 0.6 is 0 Å². The first-order valence-corrected chi connectivity index (χ1v) is 8.04. The topological polar surface area (TPSA) is 76.5 Å². The maximum absolute atomic E-state index is 6.00. The van der Waals surface area contributed by atoms with Gasteiger partial charge in [-0.3, -0.25) is 4.90 Å². The fraction of sp³-hybridized carbons (Fsp3) is 0.750. The molecule has 2 heterocycles. The number of nitrogens with one attached hydrogen (secondary N) is 1. The molecule has 2 aliphatic rings. The van der Waals surface area contributed by atoms with Crippen LogP contribution in [-0.2, 0) is 4.74 Å². The minimum absolute atomic E-state index is 0.181. The van der Waals surface area contributed by atoms with Crippen LogP contribution in [-0.4, -0.2) is 49.8 Å². The summed E-state index contributed by atoms with van der Waals surface area (Å²) in [7, 11) is 0. The highest BCUT2D eigenvalue weighted by Crippen LogP contribution is 2.21. The highest BCUT2D eigenvalue weighted by Gasteiger charge is 2.29. The zero-order valence-corrected chi connectivity index (χ0v) is 13.4. The summed E-state index contributed by atoms with van der Waals surface area (Å²) in [6.45, 7) is 8.72. The second-order valence-electron chi connectivity index (χ2n) is 6.21. The highest BCUT2D eigenvalue weighted by molar-refractivity contribution is 5.20. The lowest BCUT2D eigenvalue weighted by Crippen LogP contribution is -2.47. The average molecular weight is 294 g/mol. The molecule has 2 atom stereocenters. The van der Waals surface area contributed by atoms with Crippen molar-refractivity contribution in [2.75, 3.05) is 32.8 Å². The van der Waals surface area contributed by atoms with Crippen molar-refractivity contribution in [3.8, 4) is 0 Å². The lowest BCUT2D eigenvalue weighted by atomic mass is 10.1. The van der Waals surface area contributed by atoms with E-state index in [1.807, 2.05) is 0 Å². The van der Waals surface area contributed by atoms with Crippen molar-refractivity contribution in [1.82, 2.24) is 10.2 Å². The normalized spacial score (nSPS) is 28.2. The maximum Gasteiger partial charge on any atom is 0.0623 e.